The number of carboxylic acids is 1. The second kappa shape index (κ2) is 5.39. The van der Waals surface area contributed by atoms with E-state index in [0.717, 1.165) is 10.0 Å². The first kappa shape index (κ1) is 10.7. The molecule has 0 aliphatic rings. The number of hydrogen-bond donors (Lipinski definition) is 1. The summed E-state index contributed by atoms with van der Waals surface area (Å²) in [6.07, 6.45) is 1.45. The van der Waals surface area contributed by atoms with Crippen LogP contribution in [0.1, 0.15) is 5.56 Å². The maximum absolute atomic E-state index is 10.1. The van der Waals surface area contributed by atoms with Gasteiger partial charge in [0.2, 0.25) is 6.61 Å². The maximum atomic E-state index is 10.1. The van der Waals surface area contributed by atoms with E-state index in [0.29, 0.717) is 0 Å². The molecule has 1 N–H and O–H groups in total. The summed E-state index contributed by atoms with van der Waals surface area (Å²) in [5.74, 6) is -1.05. The third-order valence-corrected chi connectivity index (χ3v) is 2.08. The highest BCUT2D eigenvalue weighted by molar-refractivity contribution is 9.10. The summed E-state index contributed by atoms with van der Waals surface area (Å²) >= 11 is 3.31. The lowest BCUT2D eigenvalue weighted by atomic mass is 10.2. The number of hydrogen-bond acceptors (Lipinski definition) is 3. The van der Waals surface area contributed by atoms with Gasteiger partial charge in [-0.1, -0.05) is 39.3 Å². The van der Waals surface area contributed by atoms with Gasteiger partial charge in [0.15, 0.2) is 0 Å². The highest BCUT2D eigenvalue weighted by Gasteiger charge is 1.95. The van der Waals surface area contributed by atoms with Gasteiger partial charge >= 0.3 is 5.97 Å². The summed E-state index contributed by atoms with van der Waals surface area (Å²) in [7, 11) is 0. The molecule has 74 valence electrons. The molecule has 1 rings (SSSR count). The molecule has 0 atom stereocenters. The van der Waals surface area contributed by atoms with Crippen molar-refractivity contribution in [2.45, 2.75) is 0 Å². The van der Waals surface area contributed by atoms with Gasteiger partial charge in [-0.2, -0.15) is 0 Å². The molecule has 0 heterocycles. The number of oxime groups is 1. The van der Waals surface area contributed by atoms with Crippen LogP contribution in [0, 0.1) is 0 Å². The quantitative estimate of drug-likeness (QED) is 0.662. The maximum Gasteiger partial charge on any atom is 0.344 e. The number of nitrogens with zero attached hydrogens (tertiary/aromatic N) is 1. The molecular formula is C9H8BrNO3. The van der Waals surface area contributed by atoms with Crippen molar-refractivity contribution in [2.24, 2.45) is 5.16 Å². The predicted molar refractivity (Wildman–Crippen MR) is 55.3 cm³/mol. The first-order chi connectivity index (χ1) is 6.70. The van der Waals surface area contributed by atoms with Crippen LogP contribution in [-0.4, -0.2) is 23.9 Å². The summed E-state index contributed by atoms with van der Waals surface area (Å²) in [6.45, 7) is -0.430. The molecule has 0 aliphatic carbocycles. The average molecular weight is 258 g/mol. The van der Waals surface area contributed by atoms with E-state index in [9.17, 15) is 4.79 Å². The molecule has 0 spiro atoms. The second-order valence-electron chi connectivity index (χ2n) is 2.42. The number of aliphatic carboxylic acids is 1. The van der Waals surface area contributed by atoms with E-state index < -0.39 is 12.6 Å². The minimum Gasteiger partial charge on any atom is -0.479 e. The van der Waals surface area contributed by atoms with Crippen molar-refractivity contribution in [1.29, 1.82) is 0 Å². The highest BCUT2D eigenvalue weighted by Crippen LogP contribution is 2.13. The van der Waals surface area contributed by atoms with Crippen molar-refractivity contribution in [1.82, 2.24) is 0 Å². The van der Waals surface area contributed by atoms with Crippen LogP contribution >= 0.6 is 15.9 Å². The van der Waals surface area contributed by atoms with Crippen LogP contribution in [0.15, 0.2) is 33.9 Å². The smallest absolute Gasteiger partial charge is 0.344 e. The summed E-state index contributed by atoms with van der Waals surface area (Å²) in [6, 6.07) is 7.42. The molecular weight excluding hydrogens is 250 g/mol. The lowest BCUT2D eigenvalue weighted by Crippen LogP contribution is -2.03. The molecule has 0 aromatic heterocycles. The van der Waals surface area contributed by atoms with Crippen molar-refractivity contribution in [3.63, 3.8) is 0 Å². The normalized spacial score (nSPS) is 10.4. The van der Waals surface area contributed by atoms with Crippen molar-refractivity contribution >= 4 is 28.1 Å². The molecule has 0 saturated carbocycles. The molecule has 0 unspecified atom stereocenters. The average Bonchev–Trinajstić information content (AvgIpc) is 2.15. The lowest BCUT2D eigenvalue weighted by molar-refractivity contribution is -0.142. The first-order valence-corrected chi connectivity index (χ1v) is 4.61. The minimum absolute atomic E-state index is 0.430. The third-order valence-electron chi connectivity index (χ3n) is 1.36. The molecule has 0 fully saturated rings. The number of rotatable bonds is 4. The molecule has 1 aromatic carbocycles. The molecule has 0 aliphatic heterocycles. The SMILES string of the molecule is O=C(O)CON=Cc1ccccc1Br. The fraction of sp³-hybridized carbons (Fsp3) is 0.111. The monoisotopic (exact) mass is 257 g/mol. The van der Waals surface area contributed by atoms with Gasteiger partial charge in [0.05, 0.1) is 6.21 Å². The largest absolute Gasteiger partial charge is 0.479 e. The zero-order chi connectivity index (χ0) is 10.4. The van der Waals surface area contributed by atoms with Gasteiger partial charge in [-0.05, 0) is 6.07 Å². The molecule has 0 radical (unpaired) electrons. The Balaban J connectivity index is 2.52. The van der Waals surface area contributed by atoms with E-state index in [1.807, 2.05) is 24.3 Å². The first-order valence-electron chi connectivity index (χ1n) is 3.82. The Morgan fingerprint density at radius 2 is 2.29 bits per heavy atom. The molecule has 1 aromatic rings. The van der Waals surface area contributed by atoms with E-state index in [4.69, 9.17) is 5.11 Å². The van der Waals surface area contributed by atoms with E-state index >= 15 is 0 Å². The summed E-state index contributed by atoms with van der Waals surface area (Å²) < 4.78 is 0.877. The Hall–Kier alpha value is -1.36. The fourth-order valence-electron chi connectivity index (χ4n) is 0.766. The van der Waals surface area contributed by atoms with Crippen LogP contribution in [0.3, 0.4) is 0 Å². The number of halogens is 1. The molecule has 0 amide bonds. The van der Waals surface area contributed by atoms with Crippen molar-refractivity contribution in [3.05, 3.63) is 34.3 Å². The van der Waals surface area contributed by atoms with Crippen LogP contribution in [0.4, 0.5) is 0 Å². The van der Waals surface area contributed by atoms with Gasteiger partial charge in [0, 0.05) is 10.0 Å². The fourth-order valence-corrected chi connectivity index (χ4v) is 1.15. The second-order valence-corrected chi connectivity index (χ2v) is 3.28. The van der Waals surface area contributed by atoms with Crippen molar-refractivity contribution in [2.75, 3.05) is 6.61 Å². The number of carboxylic acid groups (broad SMARTS) is 1. The van der Waals surface area contributed by atoms with Crippen molar-refractivity contribution in [3.8, 4) is 0 Å². The zero-order valence-corrected chi connectivity index (χ0v) is 8.77. The van der Waals surface area contributed by atoms with E-state index in [2.05, 4.69) is 25.9 Å². The van der Waals surface area contributed by atoms with E-state index in [1.165, 1.54) is 6.21 Å². The van der Waals surface area contributed by atoms with Crippen LogP contribution in [-0.2, 0) is 9.63 Å². The van der Waals surface area contributed by atoms with Gasteiger partial charge in [-0.3, -0.25) is 0 Å². The summed E-state index contributed by atoms with van der Waals surface area (Å²) in [5.41, 5.74) is 0.831. The Labute approximate surface area is 89.3 Å². The molecule has 0 saturated heterocycles. The van der Waals surface area contributed by atoms with E-state index in [-0.39, 0.29) is 0 Å². The van der Waals surface area contributed by atoms with Gasteiger partial charge in [0.1, 0.15) is 0 Å². The molecule has 0 bridgehead atoms. The molecule has 5 heteroatoms. The Morgan fingerprint density at radius 3 is 2.93 bits per heavy atom. The standard InChI is InChI=1S/C9H8BrNO3/c10-8-4-2-1-3-7(8)5-11-14-6-9(12)13/h1-5H,6H2,(H,12,13). The van der Waals surface area contributed by atoms with Gasteiger partial charge in [-0.15, -0.1) is 0 Å². The lowest BCUT2D eigenvalue weighted by Gasteiger charge is -1.96. The van der Waals surface area contributed by atoms with Gasteiger partial charge in [0.25, 0.3) is 0 Å². The Bertz CT molecular complexity index is 352. The van der Waals surface area contributed by atoms with Gasteiger partial charge in [-0.25, -0.2) is 4.79 Å². The summed E-state index contributed by atoms with van der Waals surface area (Å²) in [5, 5.41) is 11.8. The Morgan fingerprint density at radius 1 is 1.57 bits per heavy atom. The topological polar surface area (TPSA) is 58.9 Å². The number of benzene rings is 1. The zero-order valence-electron chi connectivity index (χ0n) is 7.18. The summed E-state index contributed by atoms with van der Waals surface area (Å²) in [4.78, 5) is 14.6. The van der Waals surface area contributed by atoms with Gasteiger partial charge < -0.3 is 9.94 Å². The van der Waals surface area contributed by atoms with E-state index in [1.54, 1.807) is 0 Å². The number of carbonyl (C=O) groups is 1. The van der Waals surface area contributed by atoms with Crippen molar-refractivity contribution < 1.29 is 14.7 Å². The third kappa shape index (κ3) is 3.57. The predicted octanol–water partition coefficient (Wildman–Crippen LogP) is 1.88. The molecule has 14 heavy (non-hydrogen) atoms. The Kier molecular flexibility index (Phi) is 4.12. The van der Waals surface area contributed by atoms with Crippen LogP contribution < -0.4 is 0 Å². The van der Waals surface area contributed by atoms with Crippen LogP contribution in [0.2, 0.25) is 0 Å². The van der Waals surface area contributed by atoms with Crippen LogP contribution in [0.25, 0.3) is 0 Å². The van der Waals surface area contributed by atoms with Crippen LogP contribution in [0.5, 0.6) is 0 Å². The molecule has 4 nitrogen and oxygen atoms in total. The highest BCUT2D eigenvalue weighted by atomic mass is 79.9. The minimum atomic E-state index is -1.05.